The van der Waals surface area contributed by atoms with Crippen molar-refractivity contribution in [3.8, 4) is 5.75 Å². The Morgan fingerprint density at radius 2 is 2.05 bits per heavy atom. The van der Waals surface area contributed by atoms with Gasteiger partial charge in [-0.05, 0) is 37.0 Å². The summed E-state index contributed by atoms with van der Waals surface area (Å²) in [5, 5.41) is 3.35. The molecule has 1 aromatic rings. The number of benzene rings is 1. The number of nitrogens with zero attached hydrogens (tertiary/aromatic N) is 1. The van der Waals surface area contributed by atoms with Gasteiger partial charge in [-0.25, -0.2) is 4.39 Å². The molecule has 1 fully saturated rings. The third kappa shape index (κ3) is 3.30. The first-order chi connectivity index (χ1) is 9.67. The monoisotopic (exact) mass is 280 g/mol. The van der Waals surface area contributed by atoms with E-state index in [-0.39, 0.29) is 5.82 Å². The van der Waals surface area contributed by atoms with Gasteiger partial charge in [-0.1, -0.05) is 6.92 Å². The van der Waals surface area contributed by atoms with Crippen molar-refractivity contribution in [1.29, 1.82) is 0 Å². The summed E-state index contributed by atoms with van der Waals surface area (Å²) in [5.41, 5.74) is 2.86. The van der Waals surface area contributed by atoms with Crippen molar-refractivity contribution in [2.75, 3.05) is 39.8 Å². The third-order valence-electron chi connectivity index (χ3n) is 4.13. The predicted octanol–water partition coefficient (Wildman–Crippen LogP) is 2.15. The standard InChI is InChI=1S/C16H25FN2O/c1-4-14-13(5-8-19-9-6-18-7-10-19)11-15(17)12(2)16(14)20-3/h11,18H,4-10H2,1-3H3. The lowest BCUT2D eigenvalue weighted by atomic mass is 9.97. The number of hydrogen-bond acceptors (Lipinski definition) is 3. The van der Waals surface area contributed by atoms with E-state index in [1.165, 1.54) is 0 Å². The zero-order valence-corrected chi connectivity index (χ0v) is 12.8. The highest BCUT2D eigenvalue weighted by Gasteiger charge is 2.16. The van der Waals surface area contributed by atoms with Crippen molar-refractivity contribution >= 4 is 0 Å². The molecule has 0 atom stereocenters. The first-order valence-corrected chi connectivity index (χ1v) is 7.45. The molecule has 0 unspecified atom stereocenters. The molecule has 0 aromatic heterocycles. The molecule has 2 rings (SSSR count). The van der Waals surface area contributed by atoms with Crippen LogP contribution in [0.15, 0.2) is 6.07 Å². The lowest BCUT2D eigenvalue weighted by Crippen LogP contribution is -2.44. The molecule has 20 heavy (non-hydrogen) atoms. The predicted molar refractivity (Wildman–Crippen MR) is 80.1 cm³/mol. The fourth-order valence-corrected chi connectivity index (χ4v) is 2.93. The Labute approximate surface area is 121 Å². The first-order valence-electron chi connectivity index (χ1n) is 7.45. The Balaban J connectivity index is 2.15. The molecule has 0 bridgehead atoms. The molecular weight excluding hydrogens is 255 g/mol. The van der Waals surface area contributed by atoms with Crippen LogP contribution in [0.4, 0.5) is 4.39 Å². The quantitative estimate of drug-likeness (QED) is 0.894. The summed E-state index contributed by atoms with van der Waals surface area (Å²) >= 11 is 0. The lowest BCUT2D eigenvalue weighted by molar-refractivity contribution is 0.243. The lowest BCUT2D eigenvalue weighted by Gasteiger charge is -2.27. The Morgan fingerprint density at radius 1 is 1.35 bits per heavy atom. The minimum Gasteiger partial charge on any atom is -0.496 e. The van der Waals surface area contributed by atoms with Crippen LogP contribution >= 0.6 is 0 Å². The number of hydrogen-bond donors (Lipinski definition) is 1. The van der Waals surface area contributed by atoms with Crippen molar-refractivity contribution in [3.63, 3.8) is 0 Å². The number of methoxy groups -OCH3 is 1. The van der Waals surface area contributed by atoms with Gasteiger partial charge >= 0.3 is 0 Å². The maximum atomic E-state index is 14.0. The summed E-state index contributed by atoms with van der Waals surface area (Å²) in [6.45, 7) is 9.12. The van der Waals surface area contributed by atoms with Crippen LogP contribution < -0.4 is 10.1 Å². The maximum absolute atomic E-state index is 14.0. The normalized spacial score (nSPS) is 16.4. The molecule has 1 aliphatic heterocycles. The number of nitrogens with one attached hydrogen (secondary N) is 1. The molecule has 4 heteroatoms. The third-order valence-corrected chi connectivity index (χ3v) is 4.13. The van der Waals surface area contributed by atoms with Gasteiger partial charge < -0.3 is 15.0 Å². The second-order valence-corrected chi connectivity index (χ2v) is 5.35. The summed E-state index contributed by atoms with van der Waals surface area (Å²) in [7, 11) is 1.63. The summed E-state index contributed by atoms with van der Waals surface area (Å²) < 4.78 is 19.4. The summed E-state index contributed by atoms with van der Waals surface area (Å²) in [6.07, 6.45) is 1.76. The van der Waals surface area contributed by atoms with Crippen LogP contribution in [0.1, 0.15) is 23.6 Å². The molecule has 112 valence electrons. The van der Waals surface area contributed by atoms with E-state index in [0.29, 0.717) is 5.56 Å². The number of halogens is 1. The molecule has 0 aliphatic carbocycles. The van der Waals surface area contributed by atoms with E-state index in [1.54, 1.807) is 20.1 Å². The summed E-state index contributed by atoms with van der Waals surface area (Å²) in [4.78, 5) is 2.43. The van der Waals surface area contributed by atoms with Crippen LogP contribution in [0.25, 0.3) is 0 Å². The second kappa shape index (κ2) is 7.04. The van der Waals surface area contributed by atoms with Crippen LogP contribution in [0, 0.1) is 12.7 Å². The average Bonchev–Trinajstić information content (AvgIpc) is 2.48. The number of rotatable bonds is 5. The fraction of sp³-hybridized carbons (Fsp3) is 0.625. The van der Waals surface area contributed by atoms with Crippen molar-refractivity contribution in [1.82, 2.24) is 10.2 Å². The fourth-order valence-electron chi connectivity index (χ4n) is 2.93. The van der Waals surface area contributed by atoms with Gasteiger partial charge in [0.05, 0.1) is 7.11 Å². The molecule has 0 radical (unpaired) electrons. The van der Waals surface area contributed by atoms with E-state index in [0.717, 1.165) is 62.4 Å². The zero-order chi connectivity index (χ0) is 14.5. The van der Waals surface area contributed by atoms with Crippen LogP contribution in [-0.2, 0) is 12.8 Å². The largest absolute Gasteiger partial charge is 0.496 e. The van der Waals surface area contributed by atoms with Crippen LogP contribution in [-0.4, -0.2) is 44.7 Å². The van der Waals surface area contributed by atoms with Gasteiger partial charge in [0, 0.05) is 38.3 Å². The van der Waals surface area contributed by atoms with E-state index in [4.69, 9.17) is 4.74 Å². The molecular formula is C16H25FN2O. The highest BCUT2D eigenvalue weighted by Crippen LogP contribution is 2.30. The molecule has 1 aromatic carbocycles. The molecule has 1 aliphatic rings. The van der Waals surface area contributed by atoms with Gasteiger partial charge in [0.15, 0.2) is 0 Å². The molecule has 1 N–H and O–H groups in total. The van der Waals surface area contributed by atoms with E-state index in [2.05, 4.69) is 17.1 Å². The van der Waals surface area contributed by atoms with Crippen LogP contribution in [0.2, 0.25) is 0 Å². The highest BCUT2D eigenvalue weighted by atomic mass is 19.1. The molecule has 3 nitrogen and oxygen atoms in total. The summed E-state index contributed by atoms with van der Waals surface area (Å²) in [6, 6.07) is 1.69. The van der Waals surface area contributed by atoms with E-state index in [9.17, 15) is 4.39 Å². The molecule has 0 spiro atoms. The van der Waals surface area contributed by atoms with Gasteiger partial charge in [-0.2, -0.15) is 0 Å². The minimum absolute atomic E-state index is 0.158. The smallest absolute Gasteiger partial charge is 0.130 e. The Kier molecular flexibility index (Phi) is 5.38. The summed E-state index contributed by atoms with van der Waals surface area (Å²) in [5.74, 6) is 0.567. The van der Waals surface area contributed by atoms with E-state index >= 15 is 0 Å². The molecule has 1 heterocycles. The van der Waals surface area contributed by atoms with Gasteiger partial charge in [0.25, 0.3) is 0 Å². The van der Waals surface area contributed by atoms with Crippen molar-refractivity contribution in [2.24, 2.45) is 0 Å². The molecule has 0 saturated carbocycles. The van der Waals surface area contributed by atoms with Crippen molar-refractivity contribution in [3.05, 3.63) is 28.6 Å². The zero-order valence-electron chi connectivity index (χ0n) is 12.8. The maximum Gasteiger partial charge on any atom is 0.130 e. The van der Waals surface area contributed by atoms with E-state index in [1.807, 2.05) is 0 Å². The molecule has 1 saturated heterocycles. The number of piperazine rings is 1. The van der Waals surface area contributed by atoms with Crippen LogP contribution in [0.3, 0.4) is 0 Å². The Hall–Kier alpha value is -1.13. The topological polar surface area (TPSA) is 24.5 Å². The first kappa shape index (κ1) is 15.3. The number of ether oxygens (including phenoxy) is 1. The Bertz CT molecular complexity index is 456. The average molecular weight is 280 g/mol. The van der Waals surface area contributed by atoms with Gasteiger partial charge in [0.1, 0.15) is 11.6 Å². The van der Waals surface area contributed by atoms with Crippen LogP contribution in [0.5, 0.6) is 5.75 Å². The van der Waals surface area contributed by atoms with Gasteiger partial charge in [0.2, 0.25) is 0 Å². The van der Waals surface area contributed by atoms with Crippen molar-refractivity contribution < 1.29 is 9.13 Å². The molecule has 0 amide bonds. The SMILES string of the molecule is CCc1c(CCN2CCNCC2)cc(F)c(C)c1OC. The second-order valence-electron chi connectivity index (χ2n) is 5.35. The Morgan fingerprint density at radius 3 is 2.65 bits per heavy atom. The van der Waals surface area contributed by atoms with E-state index < -0.39 is 0 Å². The van der Waals surface area contributed by atoms with Gasteiger partial charge in [-0.15, -0.1) is 0 Å². The van der Waals surface area contributed by atoms with Crippen molar-refractivity contribution in [2.45, 2.75) is 26.7 Å². The van der Waals surface area contributed by atoms with Gasteiger partial charge in [-0.3, -0.25) is 0 Å². The highest BCUT2D eigenvalue weighted by molar-refractivity contribution is 5.47. The minimum atomic E-state index is -0.158.